The summed E-state index contributed by atoms with van der Waals surface area (Å²) in [6, 6.07) is 14.2. The van der Waals surface area contributed by atoms with Crippen LogP contribution in [-0.2, 0) is 11.8 Å². The molecule has 2 aromatic carbocycles. The molecule has 162 valence electrons. The second-order valence-electron chi connectivity index (χ2n) is 6.98. The van der Waals surface area contributed by atoms with Gasteiger partial charge in [0.15, 0.2) is 11.0 Å². The quantitative estimate of drug-likeness (QED) is 0.523. The zero-order valence-electron chi connectivity index (χ0n) is 17.9. The van der Waals surface area contributed by atoms with E-state index in [0.29, 0.717) is 22.2 Å². The molecule has 1 aromatic heterocycles. The molecule has 0 saturated carbocycles. The fourth-order valence-corrected chi connectivity index (χ4v) is 3.72. The van der Waals surface area contributed by atoms with Gasteiger partial charge in [-0.25, -0.2) is 0 Å². The molecule has 2 N–H and O–H groups in total. The van der Waals surface area contributed by atoms with Crippen LogP contribution >= 0.6 is 11.8 Å². The number of benzene rings is 2. The third kappa shape index (κ3) is 5.64. The molecule has 0 bridgehead atoms. The zero-order valence-corrected chi connectivity index (χ0v) is 18.7. The summed E-state index contributed by atoms with van der Waals surface area (Å²) in [6.07, 6.45) is 0. The summed E-state index contributed by atoms with van der Waals surface area (Å²) in [5, 5.41) is 14.7. The first-order valence-corrected chi connectivity index (χ1v) is 10.7. The number of nitrogens with one attached hydrogen (secondary N) is 2. The molecule has 31 heavy (non-hydrogen) atoms. The average molecular weight is 440 g/mol. The molecule has 1 heterocycles. The van der Waals surface area contributed by atoms with Crippen molar-refractivity contribution in [3.63, 3.8) is 0 Å². The molecule has 1 atom stereocenters. The van der Waals surface area contributed by atoms with Crippen molar-refractivity contribution in [3.8, 4) is 5.75 Å². The predicted molar refractivity (Wildman–Crippen MR) is 120 cm³/mol. The topological polar surface area (TPSA) is 98.1 Å². The number of aromatic nitrogens is 3. The Morgan fingerprint density at radius 1 is 1.13 bits per heavy atom. The summed E-state index contributed by atoms with van der Waals surface area (Å²) in [5.74, 6) is 1.20. The molecule has 0 saturated heterocycles. The Morgan fingerprint density at radius 3 is 2.52 bits per heavy atom. The van der Waals surface area contributed by atoms with E-state index in [9.17, 15) is 9.59 Å². The van der Waals surface area contributed by atoms with E-state index in [0.717, 1.165) is 11.3 Å². The Morgan fingerprint density at radius 2 is 1.84 bits per heavy atom. The zero-order chi connectivity index (χ0) is 22.4. The number of aryl methyl sites for hydroxylation is 1. The third-order valence-corrected chi connectivity index (χ3v) is 5.72. The van der Waals surface area contributed by atoms with E-state index in [2.05, 4.69) is 20.8 Å². The maximum atomic E-state index is 12.6. The Balaban J connectivity index is 1.57. The van der Waals surface area contributed by atoms with Gasteiger partial charge in [0.2, 0.25) is 5.91 Å². The number of thioether (sulfide) groups is 1. The highest BCUT2D eigenvalue weighted by Gasteiger charge is 2.19. The largest absolute Gasteiger partial charge is 0.497 e. The van der Waals surface area contributed by atoms with Gasteiger partial charge in [0.1, 0.15) is 5.75 Å². The number of rotatable bonds is 8. The van der Waals surface area contributed by atoms with E-state index in [4.69, 9.17) is 4.74 Å². The van der Waals surface area contributed by atoms with E-state index in [1.165, 1.54) is 11.8 Å². The smallest absolute Gasteiger partial charge is 0.252 e. The number of ether oxygens (including phenoxy) is 1. The standard InChI is InChI=1S/C22H25N5O3S/c1-14-7-5-6-8-18(14)21(29)23-15(2)20-25-26-22(27(20)3)31-13-19(28)24-16-9-11-17(30-4)12-10-16/h5-12,15H,13H2,1-4H3,(H,23,29)(H,24,28)/t15-/m1/s1. The number of hydrogen-bond acceptors (Lipinski definition) is 6. The van der Waals surface area contributed by atoms with Gasteiger partial charge in [0.25, 0.3) is 5.91 Å². The van der Waals surface area contributed by atoms with Crippen molar-refractivity contribution < 1.29 is 14.3 Å². The normalized spacial score (nSPS) is 11.6. The van der Waals surface area contributed by atoms with Gasteiger partial charge in [-0.15, -0.1) is 10.2 Å². The molecule has 3 rings (SSSR count). The Bertz CT molecular complexity index is 1070. The molecule has 0 unspecified atom stereocenters. The summed E-state index contributed by atoms with van der Waals surface area (Å²) in [4.78, 5) is 24.8. The molecule has 9 heteroatoms. The predicted octanol–water partition coefficient (Wildman–Crippen LogP) is 3.35. The molecule has 0 aliphatic carbocycles. The first kappa shape index (κ1) is 22.4. The average Bonchev–Trinajstić information content (AvgIpc) is 3.13. The first-order chi connectivity index (χ1) is 14.9. The van der Waals surface area contributed by atoms with Crippen molar-refractivity contribution >= 4 is 29.3 Å². The highest BCUT2D eigenvalue weighted by Crippen LogP contribution is 2.21. The molecular formula is C22H25N5O3S. The summed E-state index contributed by atoms with van der Waals surface area (Å²) in [6.45, 7) is 3.75. The summed E-state index contributed by atoms with van der Waals surface area (Å²) < 4.78 is 6.89. The molecule has 3 aromatic rings. The lowest BCUT2D eigenvalue weighted by molar-refractivity contribution is -0.113. The van der Waals surface area contributed by atoms with Crippen molar-refractivity contribution in [2.45, 2.75) is 25.0 Å². The van der Waals surface area contributed by atoms with Gasteiger partial charge in [-0.3, -0.25) is 9.59 Å². The third-order valence-electron chi connectivity index (χ3n) is 4.70. The van der Waals surface area contributed by atoms with Crippen LogP contribution in [-0.4, -0.2) is 39.4 Å². The first-order valence-electron chi connectivity index (χ1n) is 9.71. The lowest BCUT2D eigenvalue weighted by Crippen LogP contribution is -2.29. The molecule has 2 amide bonds. The Kier molecular flexibility index (Phi) is 7.30. The molecule has 0 spiro atoms. The summed E-state index contributed by atoms with van der Waals surface area (Å²) in [5.41, 5.74) is 2.23. The number of carbonyl (C=O) groups excluding carboxylic acids is 2. The van der Waals surface area contributed by atoms with Gasteiger partial charge >= 0.3 is 0 Å². The van der Waals surface area contributed by atoms with Crippen molar-refractivity contribution in [1.82, 2.24) is 20.1 Å². The monoisotopic (exact) mass is 439 g/mol. The van der Waals surface area contributed by atoms with Crippen molar-refractivity contribution in [3.05, 3.63) is 65.5 Å². The number of amides is 2. The number of methoxy groups -OCH3 is 1. The minimum absolute atomic E-state index is 0.152. The number of anilines is 1. The number of carbonyl (C=O) groups is 2. The summed E-state index contributed by atoms with van der Waals surface area (Å²) in [7, 11) is 3.41. The van der Waals surface area contributed by atoms with Crippen molar-refractivity contribution in [1.29, 1.82) is 0 Å². The van der Waals surface area contributed by atoms with Crippen LogP contribution in [0.2, 0.25) is 0 Å². The SMILES string of the molecule is COc1ccc(NC(=O)CSc2nnc([C@@H](C)NC(=O)c3ccccc3C)n2C)cc1. The van der Waals surface area contributed by atoms with E-state index < -0.39 is 0 Å². The fourth-order valence-electron chi connectivity index (χ4n) is 3.00. The minimum atomic E-state index is -0.341. The molecular weight excluding hydrogens is 414 g/mol. The Hall–Kier alpha value is -3.33. The minimum Gasteiger partial charge on any atom is -0.497 e. The lowest BCUT2D eigenvalue weighted by Gasteiger charge is -2.14. The highest BCUT2D eigenvalue weighted by molar-refractivity contribution is 7.99. The van der Waals surface area contributed by atoms with Crippen LogP contribution in [0.1, 0.15) is 34.7 Å². The second kappa shape index (κ2) is 10.1. The van der Waals surface area contributed by atoms with Crippen LogP contribution in [0.5, 0.6) is 5.75 Å². The maximum absolute atomic E-state index is 12.6. The van der Waals surface area contributed by atoms with E-state index in [-0.39, 0.29) is 23.6 Å². The second-order valence-corrected chi connectivity index (χ2v) is 7.92. The van der Waals surface area contributed by atoms with Crippen LogP contribution in [0.4, 0.5) is 5.69 Å². The van der Waals surface area contributed by atoms with Crippen molar-refractivity contribution in [2.24, 2.45) is 7.05 Å². The van der Waals surface area contributed by atoms with Gasteiger partial charge in [-0.2, -0.15) is 0 Å². The number of nitrogens with zero attached hydrogens (tertiary/aromatic N) is 3. The van der Waals surface area contributed by atoms with E-state index >= 15 is 0 Å². The molecule has 0 radical (unpaired) electrons. The van der Waals surface area contributed by atoms with E-state index in [1.54, 1.807) is 42.0 Å². The van der Waals surface area contributed by atoms with Gasteiger partial charge < -0.3 is 19.9 Å². The van der Waals surface area contributed by atoms with Crippen LogP contribution < -0.4 is 15.4 Å². The van der Waals surface area contributed by atoms with Crippen LogP contribution in [0.15, 0.2) is 53.7 Å². The lowest BCUT2D eigenvalue weighted by atomic mass is 10.1. The van der Waals surface area contributed by atoms with Crippen LogP contribution in [0.3, 0.4) is 0 Å². The van der Waals surface area contributed by atoms with Gasteiger partial charge in [-0.1, -0.05) is 30.0 Å². The molecule has 0 aliphatic heterocycles. The Labute approximate surface area is 185 Å². The van der Waals surface area contributed by atoms with Gasteiger partial charge in [0, 0.05) is 18.3 Å². The van der Waals surface area contributed by atoms with Gasteiger partial charge in [0.05, 0.1) is 18.9 Å². The number of hydrogen-bond donors (Lipinski definition) is 2. The maximum Gasteiger partial charge on any atom is 0.252 e. The van der Waals surface area contributed by atoms with Crippen molar-refractivity contribution in [2.75, 3.05) is 18.2 Å². The van der Waals surface area contributed by atoms with Crippen LogP contribution in [0, 0.1) is 6.92 Å². The fraction of sp³-hybridized carbons (Fsp3) is 0.273. The van der Waals surface area contributed by atoms with Gasteiger partial charge in [-0.05, 0) is 49.7 Å². The molecule has 0 fully saturated rings. The highest BCUT2D eigenvalue weighted by atomic mass is 32.2. The summed E-state index contributed by atoms with van der Waals surface area (Å²) >= 11 is 1.28. The molecule has 8 nitrogen and oxygen atoms in total. The van der Waals surface area contributed by atoms with E-state index in [1.807, 2.05) is 39.1 Å². The van der Waals surface area contributed by atoms with Crippen LogP contribution in [0.25, 0.3) is 0 Å². The molecule has 0 aliphatic rings.